The fourth-order valence-corrected chi connectivity index (χ4v) is 3.62. The summed E-state index contributed by atoms with van der Waals surface area (Å²) in [6.45, 7) is 3.83. The molecule has 5 nitrogen and oxygen atoms in total. The Hall–Kier alpha value is -3.93. The highest BCUT2D eigenvalue weighted by Crippen LogP contribution is 2.33. The number of carbonyl (C=O) groups excluding carboxylic acids is 2. The standard InChI is InChI=1S/C26H23FN2O3/c1-16-8-11-20(14-17(16)2)28-24-23(18-9-12-21(32-3)13-10-18)25(30)29(26(24)31)15-19-6-4-5-7-22(19)27/h4-14,28H,15H2,1-3H3. The van der Waals surface area contributed by atoms with Gasteiger partial charge in [-0.15, -0.1) is 0 Å². The minimum absolute atomic E-state index is 0.151. The number of carbonyl (C=O) groups is 2. The fourth-order valence-electron chi connectivity index (χ4n) is 3.62. The van der Waals surface area contributed by atoms with Gasteiger partial charge in [0, 0.05) is 11.3 Å². The number of aryl methyl sites for hydroxylation is 2. The molecule has 0 unspecified atom stereocenters. The number of nitrogens with zero attached hydrogens (tertiary/aromatic N) is 1. The van der Waals surface area contributed by atoms with E-state index in [0.717, 1.165) is 16.0 Å². The summed E-state index contributed by atoms with van der Waals surface area (Å²) >= 11 is 0. The lowest BCUT2D eigenvalue weighted by Crippen LogP contribution is -2.32. The third-order valence-corrected chi connectivity index (χ3v) is 5.61. The Morgan fingerprint density at radius 3 is 2.28 bits per heavy atom. The van der Waals surface area contributed by atoms with Crippen molar-refractivity contribution in [2.24, 2.45) is 0 Å². The van der Waals surface area contributed by atoms with Crippen LogP contribution in [0.4, 0.5) is 10.1 Å². The highest BCUT2D eigenvalue weighted by atomic mass is 19.1. The summed E-state index contributed by atoms with van der Waals surface area (Å²) in [7, 11) is 1.56. The summed E-state index contributed by atoms with van der Waals surface area (Å²) in [5, 5.41) is 3.14. The van der Waals surface area contributed by atoms with Crippen LogP contribution in [-0.2, 0) is 16.1 Å². The van der Waals surface area contributed by atoms with Crippen LogP contribution >= 0.6 is 0 Å². The van der Waals surface area contributed by atoms with Crippen molar-refractivity contribution < 1.29 is 18.7 Å². The predicted octanol–water partition coefficient (Wildman–Crippen LogP) is 4.84. The molecule has 0 aliphatic carbocycles. The van der Waals surface area contributed by atoms with Gasteiger partial charge in [-0.25, -0.2) is 4.39 Å². The van der Waals surface area contributed by atoms with Crippen LogP contribution < -0.4 is 10.1 Å². The molecule has 6 heteroatoms. The Morgan fingerprint density at radius 2 is 1.62 bits per heavy atom. The van der Waals surface area contributed by atoms with Gasteiger partial charge in [0.15, 0.2) is 0 Å². The molecule has 0 fully saturated rings. The average molecular weight is 430 g/mol. The molecule has 1 aliphatic heterocycles. The first-order valence-electron chi connectivity index (χ1n) is 10.2. The first-order chi connectivity index (χ1) is 15.4. The van der Waals surface area contributed by atoms with Crippen LogP contribution in [0.3, 0.4) is 0 Å². The third kappa shape index (κ3) is 3.99. The minimum atomic E-state index is -0.498. The molecule has 0 radical (unpaired) electrons. The Kier molecular flexibility index (Phi) is 5.77. The van der Waals surface area contributed by atoms with E-state index in [0.29, 0.717) is 17.0 Å². The van der Waals surface area contributed by atoms with Crippen LogP contribution in [0.15, 0.2) is 72.4 Å². The van der Waals surface area contributed by atoms with Gasteiger partial charge < -0.3 is 10.1 Å². The molecule has 0 saturated carbocycles. The zero-order valence-electron chi connectivity index (χ0n) is 18.1. The summed E-state index contributed by atoms with van der Waals surface area (Å²) in [6, 6.07) is 18.8. The van der Waals surface area contributed by atoms with E-state index in [1.54, 1.807) is 49.6 Å². The second-order valence-corrected chi connectivity index (χ2v) is 7.69. The maximum Gasteiger partial charge on any atom is 0.278 e. The third-order valence-electron chi connectivity index (χ3n) is 5.61. The Morgan fingerprint density at radius 1 is 0.906 bits per heavy atom. The SMILES string of the molecule is COc1ccc(C2=C(Nc3ccc(C)c(C)c3)C(=O)N(Cc3ccccc3F)C2=O)cc1. The summed E-state index contributed by atoms with van der Waals surface area (Å²) in [6.07, 6.45) is 0. The largest absolute Gasteiger partial charge is 0.497 e. The van der Waals surface area contributed by atoms with Gasteiger partial charge in [0.05, 0.1) is 19.2 Å². The molecular formula is C26H23FN2O3. The Labute approximate surface area is 186 Å². The van der Waals surface area contributed by atoms with Gasteiger partial charge >= 0.3 is 0 Å². The first-order valence-corrected chi connectivity index (χ1v) is 10.2. The number of benzene rings is 3. The second kappa shape index (κ2) is 8.67. The van der Waals surface area contributed by atoms with Crippen LogP contribution in [0.25, 0.3) is 5.57 Å². The summed E-state index contributed by atoms with van der Waals surface area (Å²) < 4.78 is 19.4. The lowest BCUT2D eigenvalue weighted by atomic mass is 10.0. The Bertz CT molecular complexity index is 1230. The van der Waals surface area contributed by atoms with Crippen molar-refractivity contribution in [1.29, 1.82) is 0 Å². The van der Waals surface area contributed by atoms with Crippen molar-refractivity contribution in [2.75, 3.05) is 12.4 Å². The molecule has 1 heterocycles. The quantitative estimate of drug-likeness (QED) is 0.569. The first kappa shape index (κ1) is 21.3. The van der Waals surface area contributed by atoms with Gasteiger partial charge in [0.1, 0.15) is 17.3 Å². The average Bonchev–Trinajstić information content (AvgIpc) is 3.02. The maximum atomic E-state index is 14.2. The predicted molar refractivity (Wildman–Crippen MR) is 121 cm³/mol. The normalized spacial score (nSPS) is 13.7. The summed E-state index contributed by atoms with van der Waals surface area (Å²) in [5.41, 5.74) is 4.13. The van der Waals surface area contributed by atoms with Crippen LogP contribution in [0, 0.1) is 19.7 Å². The summed E-state index contributed by atoms with van der Waals surface area (Å²) in [5.74, 6) is -0.801. The number of imide groups is 1. The molecular weight excluding hydrogens is 407 g/mol. The fraction of sp³-hybridized carbons (Fsp3) is 0.154. The van der Waals surface area contributed by atoms with E-state index in [2.05, 4.69) is 5.32 Å². The molecule has 0 aromatic heterocycles. The Balaban J connectivity index is 1.76. The zero-order valence-corrected chi connectivity index (χ0v) is 18.1. The molecule has 162 valence electrons. The lowest BCUT2D eigenvalue weighted by Gasteiger charge is -2.16. The van der Waals surface area contributed by atoms with Gasteiger partial charge in [-0.1, -0.05) is 36.4 Å². The van der Waals surface area contributed by atoms with Gasteiger partial charge in [-0.05, 0) is 60.9 Å². The van der Waals surface area contributed by atoms with Crippen molar-refractivity contribution in [3.63, 3.8) is 0 Å². The minimum Gasteiger partial charge on any atom is -0.497 e. The van der Waals surface area contributed by atoms with E-state index in [9.17, 15) is 14.0 Å². The number of anilines is 1. The number of hydrogen-bond acceptors (Lipinski definition) is 4. The van der Waals surface area contributed by atoms with E-state index >= 15 is 0 Å². The molecule has 1 aliphatic rings. The molecule has 2 amide bonds. The topological polar surface area (TPSA) is 58.6 Å². The maximum absolute atomic E-state index is 14.2. The smallest absolute Gasteiger partial charge is 0.278 e. The molecule has 4 rings (SSSR count). The van der Waals surface area contributed by atoms with Crippen molar-refractivity contribution in [1.82, 2.24) is 4.90 Å². The number of hydrogen-bond donors (Lipinski definition) is 1. The van der Waals surface area contributed by atoms with E-state index < -0.39 is 17.6 Å². The van der Waals surface area contributed by atoms with E-state index in [4.69, 9.17) is 4.74 Å². The molecule has 0 saturated heterocycles. The number of methoxy groups -OCH3 is 1. The van der Waals surface area contributed by atoms with Gasteiger partial charge in [0.25, 0.3) is 11.8 Å². The van der Waals surface area contributed by atoms with E-state index in [1.807, 2.05) is 32.0 Å². The summed E-state index contributed by atoms with van der Waals surface area (Å²) in [4.78, 5) is 27.8. The number of rotatable bonds is 6. The van der Waals surface area contributed by atoms with Crippen molar-refractivity contribution in [3.8, 4) is 5.75 Å². The van der Waals surface area contributed by atoms with Gasteiger partial charge in [-0.3, -0.25) is 14.5 Å². The highest BCUT2D eigenvalue weighted by Gasteiger charge is 2.39. The molecule has 0 atom stereocenters. The number of amides is 2. The molecule has 1 N–H and O–H groups in total. The van der Waals surface area contributed by atoms with Crippen molar-refractivity contribution in [2.45, 2.75) is 20.4 Å². The highest BCUT2D eigenvalue weighted by molar-refractivity contribution is 6.36. The molecule has 3 aromatic carbocycles. The molecule has 3 aromatic rings. The monoisotopic (exact) mass is 430 g/mol. The van der Waals surface area contributed by atoms with Gasteiger partial charge in [-0.2, -0.15) is 0 Å². The van der Waals surface area contributed by atoms with Crippen LogP contribution in [0.1, 0.15) is 22.3 Å². The van der Waals surface area contributed by atoms with Crippen molar-refractivity contribution in [3.05, 3.63) is 100 Å². The molecule has 0 spiro atoms. The second-order valence-electron chi connectivity index (χ2n) is 7.69. The zero-order chi connectivity index (χ0) is 22.8. The van der Waals surface area contributed by atoms with Crippen LogP contribution in [0.2, 0.25) is 0 Å². The molecule has 0 bridgehead atoms. The number of halogens is 1. The van der Waals surface area contributed by atoms with Crippen molar-refractivity contribution >= 4 is 23.1 Å². The number of ether oxygens (including phenoxy) is 1. The molecule has 32 heavy (non-hydrogen) atoms. The van der Waals surface area contributed by atoms with Crippen LogP contribution in [-0.4, -0.2) is 23.8 Å². The van der Waals surface area contributed by atoms with E-state index in [1.165, 1.54) is 6.07 Å². The number of nitrogens with one attached hydrogen (secondary N) is 1. The van der Waals surface area contributed by atoms with Crippen LogP contribution in [0.5, 0.6) is 5.75 Å². The van der Waals surface area contributed by atoms with Gasteiger partial charge in [0.2, 0.25) is 0 Å². The van der Waals surface area contributed by atoms with E-state index in [-0.39, 0.29) is 23.4 Å². The lowest BCUT2D eigenvalue weighted by molar-refractivity contribution is -0.137.